The number of benzene rings is 2. The molecule has 1 saturated carbocycles. The summed E-state index contributed by atoms with van der Waals surface area (Å²) in [7, 11) is 2.17. The molecule has 166 valence electrons. The van der Waals surface area contributed by atoms with E-state index in [0.29, 0.717) is 6.04 Å². The van der Waals surface area contributed by atoms with Crippen molar-refractivity contribution in [2.45, 2.75) is 70.5 Å². The predicted octanol–water partition coefficient (Wildman–Crippen LogP) is 5.05. The van der Waals surface area contributed by atoms with Crippen LogP contribution in [0.4, 0.5) is 5.69 Å². The lowest BCUT2D eigenvalue weighted by molar-refractivity contribution is -0.124. The predicted molar refractivity (Wildman–Crippen MR) is 126 cm³/mol. The van der Waals surface area contributed by atoms with E-state index in [2.05, 4.69) is 28.6 Å². The van der Waals surface area contributed by atoms with Gasteiger partial charge in [-0.15, -0.1) is 0 Å². The van der Waals surface area contributed by atoms with Crippen LogP contribution in [0, 0.1) is 0 Å². The van der Waals surface area contributed by atoms with Crippen LogP contribution < -0.4 is 10.6 Å². The Bertz CT molecular complexity index is 847. The average molecular weight is 422 g/mol. The number of nitrogens with one attached hydrogen (secondary N) is 2. The summed E-state index contributed by atoms with van der Waals surface area (Å²) in [5, 5.41) is 5.98. The largest absolute Gasteiger partial charge is 0.350 e. The molecule has 31 heavy (non-hydrogen) atoms. The highest BCUT2D eigenvalue weighted by molar-refractivity contribution is 5.93. The van der Waals surface area contributed by atoms with Crippen molar-refractivity contribution in [3.05, 3.63) is 65.7 Å². The lowest BCUT2D eigenvalue weighted by Crippen LogP contribution is -2.33. The molecule has 2 N–H and O–H groups in total. The third kappa shape index (κ3) is 7.21. The van der Waals surface area contributed by atoms with E-state index in [0.717, 1.165) is 23.4 Å². The standard InChI is InChI=1S/C26H35N3O2/c1-20(21-11-5-3-6-12-21)27-25(30)17-18-26(31)28-24-16-10-9-13-22(24)19-29(2)23-14-7-4-8-15-23/h3,5-6,9-13,16,20,23H,4,7-8,14-15,17-19H2,1-2H3,(H,27,30)(H,28,31)/t20-/m1/s1. The van der Waals surface area contributed by atoms with Gasteiger partial charge in [-0.1, -0.05) is 67.8 Å². The Labute approximate surface area is 186 Å². The van der Waals surface area contributed by atoms with Crippen LogP contribution in [0.25, 0.3) is 0 Å². The van der Waals surface area contributed by atoms with Gasteiger partial charge in [-0.2, -0.15) is 0 Å². The van der Waals surface area contributed by atoms with E-state index >= 15 is 0 Å². The summed E-state index contributed by atoms with van der Waals surface area (Å²) in [6.45, 7) is 2.77. The lowest BCUT2D eigenvalue weighted by Gasteiger charge is -2.31. The SMILES string of the molecule is C[C@@H](NC(=O)CCC(=O)Nc1ccccc1CN(C)C1CCCCC1)c1ccccc1. The molecule has 5 nitrogen and oxygen atoms in total. The summed E-state index contributed by atoms with van der Waals surface area (Å²) in [6, 6.07) is 18.3. The number of para-hydroxylation sites is 1. The van der Waals surface area contributed by atoms with Crippen LogP contribution in [0.2, 0.25) is 0 Å². The normalized spacial score (nSPS) is 15.5. The third-order valence-corrected chi connectivity index (χ3v) is 6.17. The first kappa shape index (κ1) is 23.0. The Morgan fingerprint density at radius 1 is 0.935 bits per heavy atom. The van der Waals surface area contributed by atoms with Crippen molar-refractivity contribution in [2.24, 2.45) is 0 Å². The molecule has 0 radical (unpaired) electrons. The molecule has 0 aliphatic heterocycles. The van der Waals surface area contributed by atoms with Gasteiger partial charge in [0.1, 0.15) is 0 Å². The van der Waals surface area contributed by atoms with Crippen molar-refractivity contribution < 1.29 is 9.59 Å². The quantitative estimate of drug-likeness (QED) is 0.596. The van der Waals surface area contributed by atoms with Gasteiger partial charge < -0.3 is 10.6 Å². The maximum atomic E-state index is 12.5. The van der Waals surface area contributed by atoms with E-state index in [9.17, 15) is 9.59 Å². The van der Waals surface area contributed by atoms with Gasteiger partial charge in [0.15, 0.2) is 0 Å². The Balaban J connectivity index is 1.48. The van der Waals surface area contributed by atoms with E-state index in [1.807, 2.05) is 55.5 Å². The molecule has 1 atom stereocenters. The van der Waals surface area contributed by atoms with E-state index in [1.165, 1.54) is 32.1 Å². The minimum Gasteiger partial charge on any atom is -0.350 e. The summed E-state index contributed by atoms with van der Waals surface area (Å²) in [5.41, 5.74) is 3.01. The molecular formula is C26H35N3O2. The molecule has 1 fully saturated rings. The van der Waals surface area contributed by atoms with E-state index in [1.54, 1.807) is 0 Å². The monoisotopic (exact) mass is 421 g/mol. The maximum absolute atomic E-state index is 12.5. The van der Waals surface area contributed by atoms with Gasteiger partial charge in [0.25, 0.3) is 0 Å². The molecule has 0 spiro atoms. The number of carbonyl (C=O) groups excluding carboxylic acids is 2. The molecule has 0 saturated heterocycles. The highest BCUT2D eigenvalue weighted by Crippen LogP contribution is 2.25. The second kappa shape index (κ2) is 11.7. The van der Waals surface area contributed by atoms with Gasteiger partial charge in [-0.3, -0.25) is 14.5 Å². The smallest absolute Gasteiger partial charge is 0.224 e. The van der Waals surface area contributed by atoms with Gasteiger partial charge in [-0.25, -0.2) is 0 Å². The number of carbonyl (C=O) groups is 2. The van der Waals surface area contributed by atoms with Gasteiger partial charge >= 0.3 is 0 Å². The van der Waals surface area contributed by atoms with Crippen molar-refractivity contribution in [3.63, 3.8) is 0 Å². The molecule has 0 bridgehead atoms. The van der Waals surface area contributed by atoms with E-state index < -0.39 is 0 Å². The van der Waals surface area contributed by atoms with E-state index in [4.69, 9.17) is 0 Å². The summed E-state index contributed by atoms with van der Waals surface area (Å²) < 4.78 is 0. The zero-order valence-electron chi connectivity index (χ0n) is 18.8. The second-order valence-corrected chi connectivity index (χ2v) is 8.61. The summed E-state index contributed by atoms with van der Waals surface area (Å²) >= 11 is 0. The third-order valence-electron chi connectivity index (χ3n) is 6.17. The molecule has 0 aromatic heterocycles. The fourth-order valence-corrected chi connectivity index (χ4v) is 4.28. The van der Waals surface area contributed by atoms with Crippen LogP contribution in [-0.4, -0.2) is 29.8 Å². The highest BCUT2D eigenvalue weighted by atomic mass is 16.2. The maximum Gasteiger partial charge on any atom is 0.224 e. The topological polar surface area (TPSA) is 61.4 Å². The molecule has 0 heterocycles. The molecule has 0 unspecified atom stereocenters. The minimum absolute atomic E-state index is 0.0761. The number of hydrogen-bond acceptors (Lipinski definition) is 3. The molecule has 3 rings (SSSR count). The number of rotatable bonds is 9. The van der Waals surface area contributed by atoms with Crippen molar-refractivity contribution in [2.75, 3.05) is 12.4 Å². The van der Waals surface area contributed by atoms with Gasteiger partial charge in [0, 0.05) is 31.1 Å². The Morgan fingerprint density at radius 3 is 2.32 bits per heavy atom. The van der Waals surface area contributed by atoms with E-state index in [-0.39, 0.29) is 30.7 Å². The summed E-state index contributed by atoms with van der Waals surface area (Å²) in [6.07, 6.45) is 6.79. The first-order chi connectivity index (χ1) is 15.0. The molecule has 1 aliphatic carbocycles. The number of amides is 2. The Kier molecular flexibility index (Phi) is 8.65. The first-order valence-corrected chi connectivity index (χ1v) is 11.4. The van der Waals surface area contributed by atoms with Crippen LogP contribution in [0.15, 0.2) is 54.6 Å². The molecule has 2 aromatic carbocycles. The lowest BCUT2D eigenvalue weighted by atomic mass is 9.94. The number of hydrogen-bond donors (Lipinski definition) is 2. The zero-order valence-corrected chi connectivity index (χ0v) is 18.8. The minimum atomic E-state index is -0.129. The van der Waals surface area contributed by atoms with Crippen LogP contribution in [0.3, 0.4) is 0 Å². The highest BCUT2D eigenvalue weighted by Gasteiger charge is 2.19. The molecular weight excluding hydrogens is 386 g/mol. The van der Waals surface area contributed by atoms with Crippen LogP contribution >= 0.6 is 0 Å². The average Bonchev–Trinajstić information content (AvgIpc) is 2.80. The van der Waals surface area contributed by atoms with Crippen molar-refractivity contribution in [3.8, 4) is 0 Å². The Morgan fingerprint density at radius 2 is 1.58 bits per heavy atom. The van der Waals surface area contributed by atoms with Crippen LogP contribution in [-0.2, 0) is 16.1 Å². The molecule has 2 amide bonds. The fourth-order valence-electron chi connectivity index (χ4n) is 4.28. The summed E-state index contributed by atoms with van der Waals surface area (Å²) in [5.74, 6) is -0.243. The van der Waals surface area contributed by atoms with Crippen molar-refractivity contribution in [1.82, 2.24) is 10.2 Å². The van der Waals surface area contributed by atoms with Gasteiger partial charge in [0.05, 0.1) is 6.04 Å². The first-order valence-electron chi connectivity index (χ1n) is 11.4. The van der Waals surface area contributed by atoms with Crippen LogP contribution in [0.1, 0.15) is 69.0 Å². The molecule has 1 aliphatic rings. The number of nitrogens with zero attached hydrogens (tertiary/aromatic N) is 1. The van der Waals surface area contributed by atoms with Gasteiger partial charge in [0.2, 0.25) is 11.8 Å². The number of anilines is 1. The van der Waals surface area contributed by atoms with Crippen LogP contribution in [0.5, 0.6) is 0 Å². The molecule has 5 heteroatoms. The fraction of sp³-hybridized carbons (Fsp3) is 0.462. The molecule has 2 aromatic rings. The summed E-state index contributed by atoms with van der Waals surface area (Å²) in [4.78, 5) is 27.2. The Hall–Kier alpha value is -2.66. The van der Waals surface area contributed by atoms with Crippen molar-refractivity contribution >= 4 is 17.5 Å². The zero-order chi connectivity index (χ0) is 22.1. The second-order valence-electron chi connectivity index (χ2n) is 8.61. The van der Waals surface area contributed by atoms with Crippen molar-refractivity contribution in [1.29, 1.82) is 0 Å². The van der Waals surface area contributed by atoms with Gasteiger partial charge in [-0.05, 0) is 44.0 Å².